The van der Waals surface area contributed by atoms with Crippen LogP contribution in [0.3, 0.4) is 0 Å². The molecule has 0 aromatic heterocycles. The van der Waals surface area contributed by atoms with Gasteiger partial charge in [0.25, 0.3) is 0 Å². The number of aliphatic carboxylic acids is 1. The number of halogens is 2. The van der Waals surface area contributed by atoms with E-state index in [4.69, 9.17) is 5.11 Å². The minimum absolute atomic E-state index is 0.0866. The van der Waals surface area contributed by atoms with E-state index in [-0.39, 0.29) is 13.0 Å². The molecule has 1 aromatic rings. The fourth-order valence-electron chi connectivity index (χ4n) is 2.10. The smallest absolute Gasteiger partial charge is 0.343 e. The SMILES string of the molecule is O=C(O)C1(F)CCCN(c2ccccc2Br)C1. The molecule has 1 saturated heterocycles. The Labute approximate surface area is 107 Å². The predicted octanol–water partition coefficient (Wildman–Crippen LogP) is 2.84. The van der Waals surface area contributed by atoms with Crippen molar-refractivity contribution in [2.75, 3.05) is 18.0 Å². The molecule has 1 unspecified atom stereocenters. The van der Waals surface area contributed by atoms with E-state index in [0.717, 1.165) is 10.2 Å². The number of alkyl halides is 1. The zero-order chi connectivity index (χ0) is 12.5. The first-order valence-corrected chi connectivity index (χ1v) is 6.24. The molecule has 0 radical (unpaired) electrons. The van der Waals surface area contributed by atoms with Crippen molar-refractivity contribution in [3.8, 4) is 0 Å². The number of carbonyl (C=O) groups is 1. The minimum Gasteiger partial charge on any atom is -0.479 e. The highest BCUT2D eigenvalue weighted by atomic mass is 79.9. The Balaban J connectivity index is 2.24. The fraction of sp³-hybridized carbons (Fsp3) is 0.417. The summed E-state index contributed by atoms with van der Waals surface area (Å²) in [6, 6.07) is 7.45. The van der Waals surface area contributed by atoms with Crippen LogP contribution in [-0.2, 0) is 4.79 Å². The van der Waals surface area contributed by atoms with Gasteiger partial charge in [0.2, 0.25) is 5.67 Å². The molecule has 1 atom stereocenters. The van der Waals surface area contributed by atoms with Crippen molar-refractivity contribution in [1.29, 1.82) is 0 Å². The van der Waals surface area contributed by atoms with Gasteiger partial charge in [-0.1, -0.05) is 12.1 Å². The number of para-hydroxylation sites is 1. The highest BCUT2D eigenvalue weighted by Crippen LogP contribution is 2.33. The van der Waals surface area contributed by atoms with Gasteiger partial charge in [0.1, 0.15) is 0 Å². The van der Waals surface area contributed by atoms with Gasteiger partial charge in [-0.25, -0.2) is 9.18 Å². The van der Waals surface area contributed by atoms with Gasteiger partial charge in [-0.05, 0) is 40.9 Å². The van der Waals surface area contributed by atoms with Gasteiger partial charge in [-0.15, -0.1) is 0 Å². The molecule has 1 aromatic carbocycles. The van der Waals surface area contributed by atoms with Crippen molar-refractivity contribution in [3.05, 3.63) is 28.7 Å². The Kier molecular flexibility index (Phi) is 3.38. The summed E-state index contributed by atoms with van der Waals surface area (Å²) in [6.45, 7) is 0.590. The highest BCUT2D eigenvalue weighted by Gasteiger charge is 2.43. The standard InChI is InChI=1S/C12H13BrFNO2/c13-9-4-1-2-5-10(9)15-7-3-6-12(14,8-15)11(16)17/h1-2,4-5H,3,6-8H2,(H,16,17). The maximum Gasteiger partial charge on any atom is 0.343 e. The van der Waals surface area contributed by atoms with E-state index in [1.165, 1.54) is 0 Å². The van der Waals surface area contributed by atoms with Gasteiger partial charge in [-0.3, -0.25) is 0 Å². The molecule has 1 N–H and O–H groups in total. The number of anilines is 1. The summed E-state index contributed by atoms with van der Waals surface area (Å²) in [5, 5.41) is 8.92. The summed E-state index contributed by atoms with van der Waals surface area (Å²) in [7, 11) is 0. The Morgan fingerprint density at radius 3 is 2.82 bits per heavy atom. The lowest BCUT2D eigenvalue weighted by Gasteiger charge is -2.36. The summed E-state index contributed by atoms with van der Waals surface area (Å²) >= 11 is 3.39. The highest BCUT2D eigenvalue weighted by molar-refractivity contribution is 9.10. The Morgan fingerprint density at radius 1 is 1.47 bits per heavy atom. The van der Waals surface area contributed by atoms with Crippen LogP contribution in [0.2, 0.25) is 0 Å². The third kappa shape index (κ3) is 2.44. The molecule has 0 amide bonds. The lowest BCUT2D eigenvalue weighted by molar-refractivity contribution is -0.151. The Bertz CT molecular complexity index is 440. The number of carboxylic acid groups (broad SMARTS) is 1. The average molecular weight is 302 g/mol. The third-order valence-electron chi connectivity index (χ3n) is 3.02. The summed E-state index contributed by atoms with van der Waals surface area (Å²) < 4.78 is 15.0. The maximum absolute atomic E-state index is 14.1. The zero-order valence-electron chi connectivity index (χ0n) is 9.20. The summed E-state index contributed by atoms with van der Waals surface area (Å²) in [5.41, 5.74) is -1.29. The first kappa shape index (κ1) is 12.4. The first-order chi connectivity index (χ1) is 8.03. The molecule has 0 bridgehead atoms. The van der Waals surface area contributed by atoms with Crippen molar-refractivity contribution >= 4 is 27.6 Å². The average Bonchev–Trinajstić information content (AvgIpc) is 2.29. The Hall–Kier alpha value is -1.10. The van der Waals surface area contributed by atoms with Crippen molar-refractivity contribution < 1.29 is 14.3 Å². The van der Waals surface area contributed by atoms with Gasteiger partial charge >= 0.3 is 5.97 Å². The van der Waals surface area contributed by atoms with E-state index >= 15 is 0 Å². The molecule has 1 fully saturated rings. The molecule has 0 saturated carbocycles. The van der Waals surface area contributed by atoms with Crippen molar-refractivity contribution in [3.63, 3.8) is 0 Å². The zero-order valence-corrected chi connectivity index (χ0v) is 10.8. The largest absolute Gasteiger partial charge is 0.479 e. The van der Waals surface area contributed by atoms with Crippen LogP contribution in [-0.4, -0.2) is 29.8 Å². The van der Waals surface area contributed by atoms with Crippen molar-refractivity contribution in [1.82, 2.24) is 0 Å². The molecule has 2 rings (SSSR count). The van der Waals surface area contributed by atoms with E-state index in [2.05, 4.69) is 15.9 Å². The number of hydrogen-bond donors (Lipinski definition) is 1. The van der Waals surface area contributed by atoms with E-state index in [1.807, 2.05) is 24.3 Å². The van der Waals surface area contributed by atoms with Gasteiger partial charge < -0.3 is 10.0 Å². The molecule has 1 aliphatic heterocycles. The van der Waals surface area contributed by atoms with Crippen LogP contribution in [0.25, 0.3) is 0 Å². The van der Waals surface area contributed by atoms with Crippen molar-refractivity contribution in [2.45, 2.75) is 18.5 Å². The van der Waals surface area contributed by atoms with Crippen LogP contribution < -0.4 is 4.90 Å². The normalized spacial score (nSPS) is 24.7. The van der Waals surface area contributed by atoms with E-state index in [9.17, 15) is 9.18 Å². The predicted molar refractivity (Wildman–Crippen MR) is 67.1 cm³/mol. The summed E-state index contributed by atoms with van der Waals surface area (Å²) in [4.78, 5) is 12.7. The molecule has 0 spiro atoms. The molecule has 0 aliphatic carbocycles. The molecular formula is C12H13BrFNO2. The third-order valence-corrected chi connectivity index (χ3v) is 3.69. The Morgan fingerprint density at radius 2 is 2.18 bits per heavy atom. The van der Waals surface area contributed by atoms with Gasteiger partial charge in [0.05, 0.1) is 12.2 Å². The second-order valence-electron chi connectivity index (χ2n) is 4.25. The van der Waals surface area contributed by atoms with E-state index in [0.29, 0.717) is 13.0 Å². The van der Waals surface area contributed by atoms with E-state index in [1.54, 1.807) is 4.90 Å². The number of carboxylic acids is 1. The van der Waals surface area contributed by atoms with Crippen LogP contribution in [0, 0.1) is 0 Å². The molecule has 1 aliphatic rings. The number of rotatable bonds is 2. The molecule has 1 heterocycles. The summed E-state index contributed by atoms with van der Waals surface area (Å²) in [6.07, 6.45) is 0.632. The van der Waals surface area contributed by atoms with Crippen LogP contribution in [0.5, 0.6) is 0 Å². The van der Waals surface area contributed by atoms with Crippen molar-refractivity contribution in [2.24, 2.45) is 0 Å². The topological polar surface area (TPSA) is 40.5 Å². The number of hydrogen-bond acceptors (Lipinski definition) is 2. The second-order valence-corrected chi connectivity index (χ2v) is 5.10. The fourth-order valence-corrected chi connectivity index (χ4v) is 2.63. The lowest BCUT2D eigenvalue weighted by Crippen LogP contribution is -2.50. The summed E-state index contributed by atoms with van der Waals surface area (Å²) in [5.74, 6) is -1.37. The molecular weight excluding hydrogens is 289 g/mol. The number of nitrogens with zero attached hydrogens (tertiary/aromatic N) is 1. The maximum atomic E-state index is 14.1. The quantitative estimate of drug-likeness (QED) is 0.913. The van der Waals surface area contributed by atoms with Gasteiger partial charge in [-0.2, -0.15) is 0 Å². The van der Waals surface area contributed by atoms with Gasteiger partial charge in [0, 0.05) is 11.0 Å². The minimum atomic E-state index is -2.13. The number of piperidine rings is 1. The van der Waals surface area contributed by atoms with Crippen LogP contribution in [0.15, 0.2) is 28.7 Å². The van der Waals surface area contributed by atoms with Crippen LogP contribution >= 0.6 is 15.9 Å². The second kappa shape index (κ2) is 4.64. The molecule has 5 heteroatoms. The van der Waals surface area contributed by atoms with Crippen LogP contribution in [0.4, 0.5) is 10.1 Å². The molecule has 3 nitrogen and oxygen atoms in total. The van der Waals surface area contributed by atoms with E-state index < -0.39 is 11.6 Å². The monoisotopic (exact) mass is 301 g/mol. The lowest BCUT2D eigenvalue weighted by atomic mass is 9.94. The first-order valence-electron chi connectivity index (χ1n) is 5.45. The molecule has 17 heavy (non-hydrogen) atoms. The van der Waals surface area contributed by atoms with Gasteiger partial charge in [0.15, 0.2) is 0 Å². The molecule has 92 valence electrons. The number of benzene rings is 1. The van der Waals surface area contributed by atoms with Crippen LogP contribution in [0.1, 0.15) is 12.8 Å².